The molecule has 0 aliphatic heterocycles. The van der Waals surface area contributed by atoms with Crippen molar-refractivity contribution in [1.29, 1.82) is 0 Å². The third-order valence-electron chi connectivity index (χ3n) is 7.63. The van der Waals surface area contributed by atoms with Gasteiger partial charge in [-0.2, -0.15) is 0 Å². The van der Waals surface area contributed by atoms with Crippen LogP contribution >= 0.6 is 0 Å². The molecule has 0 fully saturated rings. The van der Waals surface area contributed by atoms with Crippen LogP contribution in [0.2, 0.25) is 0 Å². The molecule has 0 spiro atoms. The van der Waals surface area contributed by atoms with Gasteiger partial charge in [-0.15, -0.1) is 0 Å². The number of hydrogen-bond acceptors (Lipinski definition) is 2. The van der Waals surface area contributed by atoms with Gasteiger partial charge in [0.15, 0.2) is 0 Å². The molecule has 0 amide bonds. The van der Waals surface area contributed by atoms with Crippen molar-refractivity contribution in [2.45, 2.75) is 0 Å². The second kappa shape index (κ2) is 12.8. The summed E-state index contributed by atoms with van der Waals surface area (Å²) in [5.74, 6) is 0. The Hall–Kier alpha value is -3.78. The van der Waals surface area contributed by atoms with Gasteiger partial charge in [-0.3, -0.25) is 0 Å². The molecule has 2 nitrogen and oxygen atoms in total. The molecule has 0 unspecified atom stereocenters. The molecule has 0 aliphatic rings. The molecule has 0 aliphatic carbocycles. The Balaban J connectivity index is 1.50. The van der Waals surface area contributed by atoms with Gasteiger partial charge in [-0.05, 0) is 0 Å². The van der Waals surface area contributed by atoms with Crippen LogP contribution in [-0.2, 0) is 6.91 Å². The van der Waals surface area contributed by atoms with E-state index < -0.39 is 32.7 Å². The summed E-state index contributed by atoms with van der Waals surface area (Å²) in [5, 5.41) is 7.41. The van der Waals surface area contributed by atoms with E-state index in [2.05, 4.69) is 182 Å². The van der Waals surface area contributed by atoms with Crippen LogP contribution in [0.5, 0.6) is 0 Å². The van der Waals surface area contributed by atoms with Gasteiger partial charge in [0.25, 0.3) is 0 Å². The van der Waals surface area contributed by atoms with Gasteiger partial charge in [0.1, 0.15) is 0 Å². The minimum atomic E-state index is -2.85. The zero-order valence-corrected chi connectivity index (χ0v) is 27.8. The molecule has 6 aromatic rings. The molecule has 0 N–H and O–H groups in total. The zero-order valence-electron chi connectivity index (χ0n) is 22.8. The molecular formula is C36H32GeO2Si2. The van der Waals surface area contributed by atoms with Crippen LogP contribution in [0, 0.1) is 0 Å². The zero-order chi connectivity index (χ0) is 27.8. The molecule has 41 heavy (non-hydrogen) atoms. The molecule has 6 aromatic carbocycles. The van der Waals surface area contributed by atoms with E-state index in [1.165, 1.54) is 31.1 Å². The summed E-state index contributed by atoms with van der Waals surface area (Å²) in [6.07, 6.45) is 0. The van der Waals surface area contributed by atoms with E-state index in [0.29, 0.717) is 0 Å². The molecule has 6 rings (SSSR count). The van der Waals surface area contributed by atoms with Crippen molar-refractivity contribution in [2.75, 3.05) is 0 Å². The second-order valence-electron chi connectivity index (χ2n) is 9.97. The van der Waals surface area contributed by atoms with E-state index in [9.17, 15) is 0 Å². The van der Waals surface area contributed by atoms with Gasteiger partial charge in [-0.1, -0.05) is 0 Å². The van der Waals surface area contributed by atoms with Crippen molar-refractivity contribution < 1.29 is 6.91 Å². The van der Waals surface area contributed by atoms with Gasteiger partial charge >= 0.3 is 253 Å². The average Bonchev–Trinajstić information content (AvgIpc) is 3.08. The predicted molar refractivity (Wildman–Crippen MR) is 179 cm³/mol. The first-order chi connectivity index (χ1) is 20.3. The van der Waals surface area contributed by atoms with Crippen LogP contribution in [0.4, 0.5) is 0 Å². The normalized spacial score (nSPS) is 11.7. The van der Waals surface area contributed by atoms with Crippen LogP contribution < -0.4 is 31.1 Å². The van der Waals surface area contributed by atoms with Crippen LogP contribution in [-0.4, -0.2) is 32.7 Å². The van der Waals surface area contributed by atoms with Crippen molar-refractivity contribution in [3.63, 3.8) is 0 Å². The fourth-order valence-electron chi connectivity index (χ4n) is 5.74. The Bertz CT molecular complexity index is 1320. The first-order valence-corrected chi connectivity index (χ1v) is 20.2. The molecule has 0 radical (unpaired) electrons. The van der Waals surface area contributed by atoms with Crippen molar-refractivity contribution in [1.82, 2.24) is 0 Å². The van der Waals surface area contributed by atoms with Crippen molar-refractivity contribution in [3.8, 4) is 0 Å². The fraction of sp³-hybridized carbons (Fsp3) is 0. The van der Waals surface area contributed by atoms with Crippen LogP contribution in [0.15, 0.2) is 182 Å². The molecule has 0 saturated heterocycles. The van der Waals surface area contributed by atoms with Crippen molar-refractivity contribution in [2.24, 2.45) is 0 Å². The van der Waals surface area contributed by atoms with E-state index in [0.717, 1.165) is 0 Å². The summed E-state index contributed by atoms with van der Waals surface area (Å²) in [5.41, 5.74) is 0. The molecule has 0 saturated carbocycles. The first kappa shape index (κ1) is 27.4. The Morgan fingerprint density at radius 1 is 0.268 bits per heavy atom. The Kier molecular flexibility index (Phi) is 8.56. The molecule has 0 aromatic heterocycles. The van der Waals surface area contributed by atoms with E-state index in [1.807, 2.05) is 0 Å². The Morgan fingerprint density at radius 2 is 0.439 bits per heavy atom. The standard InChI is InChI=1S/C36H32GeO2Si2/c1-7-19-31(20-8-1)40(32-21-9-2-10-22-32,33-23-11-3-12-24-33)38-37-39-41(34-25-13-4-14-26-34,35-27-15-5-16-28-35)36-29-17-6-18-30-36/h1-30H,37H2. The second-order valence-corrected chi connectivity index (χ2v) is 20.9. The number of rotatable bonds is 10. The molecule has 5 heteroatoms. The summed E-state index contributed by atoms with van der Waals surface area (Å²) < 4.78 is 14.9. The SMILES string of the molecule is c1ccc([Si]([O][GeH2][O][Si](c2ccccc2)(c2ccccc2)c2ccccc2)(c2ccccc2)c2ccccc2)cc1. The van der Waals surface area contributed by atoms with E-state index >= 15 is 0 Å². The monoisotopic (exact) mass is 626 g/mol. The summed E-state index contributed by atoms with van der Waals surface area (Å²) in [6.45, 7) is 0. The van der Waals surface area contributed by atoms with E-state index in [1.54, 1.807) is 0 Å². The third-order valence-corrected chi connectivity index (χ3v) is 22.5. The van der Waals surface area contributed by atoms with Gasteiger partial charge in [0.2, 0.25) is 0 Å². The number of benzene rings is 6. The molecule has 0 atom stereocenters. The van der Waals surface area contributed by atoms with Gasteiger partial charge in [-0.25, -0.2) is 0 Å². The molecule has 0 bridgehead atoms. The van der Waals surface area contributed by atoms with Crippen LogP contribution in [0.1, 0.15) is 0 Å². The summed E-state index contributed by atoms with van der Waals surface area (Å²) in [6, 6.07) is 64.7. The Morgan fingerprint density at radius 3 is 0.610 bits per heavy atom. The van der Waals surface area contributed by atoms with Gasteiger partial charge in [0.05, 0.1) is 0 Å². The maximum absolute atomic E-state index is 7.45. The van der Waals surface area contributed by atoms with Gasteiger partial charge in [0, 0.05) is 0 Å². The third kappa shape index (κ3) is 5.45. The summed E-state index contributed by atoms with van der Waals surface area (Å²) >= 11 is -2.13. The predicted octanol–water partition coefficient (Wildman–Crippen LogP) is 3.35. The topological polar surface area (TPSA) is 18.5 Å². The summed E-state index contributed by atoms with van der Waals surface area (Å²) in [7, 11) is -5.69. The van der Waals surface area contributed by atoms with Crippen LogP contribution in [0.25, 0.3) is 0 Å². The molecular weight excluding hydrogens is 593 g/mol. The van der Waals surface area contributed by atoms with E-state index in [-0.39, 0.29) is 0 Å². The van der Waals surface area contributed by atoms with E-state index in [4.69, 9.17) is 6.91 Å². The molecule has 200 valence electrons. The molecule has 0 heterocycles. The quantitative estimate of drug-likeness (QED) is 0.172. The average molecular weight is 625 g/mol. The minimum absolute atomic E-state index is 1.23. The maximum atomic E-state index is 7.45. The van der Waals surface area contributed by atoms with Crippen LogP contribution in [0.3, 0.4) is 0 Å². The number of hydrogen-bond donors (Lipinski definition) is 0. The van der Waals surface area contributed by atoms with Gasteiger partial charge < -0.3 is 0 Å². The van der Waals surface area contributed by atoms with Crippen molar-refractivity contribution in [3.05, 3.63) is 182 Å². The first-order valence-electron chi connectivity index (χ1n) is 13.9. The Labute approximate surface area is 251 Å². The fourth-order valence-corrected chi connectivity index (χ4v) is 22.9. The van der Waals surface area contributed by atoms with Crippen molar-refractivity contribution >= 4 is 63.9 Å². The summed E-state index contributed by atoms with van der Waals surface area (Å²) in [4.78, 5) is 0.